The maximum absolute atomic E-state index is 10.3. The van der Waals surface area contributed by atoms with E-state index in [1.54, 1.807) is 6.92 Å². The SMILES string of the molecule is C=CCC.C=CCC(=O)OC.CCC(=O)OC.CO.COC(=O)CC(=O)OC. The minimum absolute atomic E-state index is 0.157. The number of carbonyl (C=O) groups excluding carboxylic acids is 4. The van der Waals surface area contributed by atoms with Crippen molar-refractivity contribution in [2.45, 2.75) is 39.5 Å². The van der Waals surface area contributed by atoms with Crippen LogP contribution in [0.5, 0.6) is 0 Å². The Morgan fingerprint density at radius 3 is 1.14 bits per heavy atom. The van der Waals surface area contributed by atoms with Crippen LogP contribution < -0.4 is 0 Å². The highest BCUT2D eigenvalue weighted by Crippen LogP contribution is 1.85. The average molecular weight is 408 g/mol. The highest BCUT2D eigenvalue weighted by molar-refractivity contribution is 5.90. The van der Waals surface area contributed by atoms with Crippen LogP contribution >= 0.6 is 0 Å². The Kier molecular flexibility index (Phi) is 45.9. The zero-order valence-electron chi connectivity index (χ0n) is 18.1. The lowest BCUT2D eigenvalue weighted by molar-refractivity contribution is -0.151. The number of carbonyl (C=O) groups is 4. The summed E-state index contributed by atoms with van der Waals surface area (Å²) in [4.78, 5) is 40.6. The second-order valence-corrected chi connectivity index (χ2v) is 4.02. The van der Waals surface area contributed by atoms with Crippen LogP contribution in [0.25, 0.3) is 0 Å². The molecule has 0 saturated heterocycles. The molecule has 0 radical (unpaired) electrons. The molecule has 0 atom stereocenters. The minimum atomic E-state index is -0.582. The summed E-state index contributed by atoms with van der Waals surface area (Å²) < 4.78 is 16.9. The first kappa shape index (κ1) is 36.3. The van der Waals surface area contributed by atoms with Crippen molar-refractivity contribution in [2.24, 2.45) is 0 Å². The number of hydrogen-bond donors (Lipinski definition) is 1. The van der Waals surface area contributed by atoms with E-state index >= 15 is 0 Å². The molecule has 1 N–H and O–H groups in total. The molecule has 0 aromatic rings. The van der Waals surface area contributed by atoms with Crippen LogP contribution in [0.2, 0.25) is 0 Å². The van der Waals surface area contributed by atoms with Gasteiger partial charge in [0, 0.05) is 13.5 Å². The van der Waals surface area contributed by atoms with E-state index in [1.807, 2.05) is 6.08 Å². The quantitative estimate of drug-likeness (QED) is 0.305. The van der Waals surface area contributed by atoms with Gasteiger partial charge in [0.2, 0.25) is 0 Å². The second kappa shape index (κ2) is 35.4. The Labute approximate surface area is 168 Å². The predicted molar refractivity (Wildman–Crippen MR) is 106 cm³/mol. The first-order valence-electron chi connectivity index (χ1n) is 8.17. The molecule has 0 spiro atoms. The predicted octanol–water partition coefficient (Wildman–Crippen LogP) is 2.22. The molecule has 9 nitrogen and oxygen atoms in total. The standard InChI is InChI=1S/C5H8O4.C5H8O2.C4H8O2.C4H8.CH4O/c1-8-4(6)3-5(7)9-2;1-3-4-5(6)7-2;1-3-4(5)6-2;1-3-4-2;1-2/h3H2,1-2H3;3H,1,4H2,2H3;3H2,1-2H3;3H,1,4H2,2H3;2H,1H3. The second-order valence-electron chi connectivity index (χ2n) is 4.02. The van der Waals surface area contributed by atoms with Gasteiger partial charge in [-0.3, -0.25) is 19.2 Å². The van der Waals surface area contributed by atoms with Gasteiger partial charge in [0.1, 0.15) is 6.42 Å². The van der Waals surface area contributed by atoms with E-state index in [2.05, 4.69) is 39.0 Å². The molecule has 9 heteroatoms. The fourth-order valence-electron chi connectivity index (χ4n) is 0.608. The van der Waals surface area contributed by atoms with E-state index in [9.17, 15) is 19.2 Å². The van der Waals surface area contributed by atoms with Crippen molar-refractivity contribution in [1.82, 2.24) is 0 Å². The van der Waals surface area contributed by atoms with Gasteiger partial charge in [0.25, 0.3) is 0 Å². The van der Waals surface area contributed by atoms with Gasteiger partial charge in [-0.25, -0.2) is 0 Å². The number of rotatable bonds is 6. The van der Waals surface area contributed by atoms with Gasteiger partial charge in [0.15, 0.2) is 0 Å². The normalized spacial score (nSPS) is 7.29. The third-order valence-electron chi connectivity index (χ3n) is 2.09. The Morgan fingerprint density at radius 2 is 1.04 bits per heavy atom. The molecule has 0 heterocycles. The van der Waals surface area contributed by atoms with Crippen molar-refractivity contribution in [3.8, 4) is 0 Å². The summed E-state index contributed by atoms with van der Waals surface area (Å²) in [6.07, 6.45) is 4.92. The van der Waals surface area contributed by atoms with Crippen molar-refractivity contribution >= 4 is 23.9 Å². The minimum Gasteiger partial charge on any atom is -0.469 e. The fourth-order valence-corrected chi connectivity index (χ4v) is 0.608. The van der Waals surface area contributed by atoms with Crippen LogP contribution in [-0.4, -0.2) is 64.5 Å². The number of methoxy groups -OCH3 is 4. The zero-order valence-corrected chi connectivity index (χ0v) is 18.1. The molecular weight excluding hydrogens is 372 g/mol. The summed E-state index contributed by atoms with van der Waals surface area (Å²) in [6, 6.07) is 0. The molecule has 0 aliphatic heterocycles. The van der Waals surface area contributed by atoms with Gasteiger partial charge in [-0.05, 0) is 6.42 Å². The molecule has 28 heavy (non-hydrogen) atoms. The highest BCUT2D eigenvalue weighted by Gasteiger charge is 2.07. The van der Waals surface area contributed by atoms with Crippen LogP contribution in [0, 0.1) is 0 Å². The highest BCUT2D eigenvalue weighted by atomic mass is 16.5. The molecule has 0 rings (SSSR count). The van der Waals surface area contributed by atoms with Gasteiger partial charge < -0.3 is 24.1 Å². The van der Waals surface area contributed by atoms with Crippen molar-refractivity contribution in [2.75, 3.05) is 35.5 Å². The van der Waals surface area contributed by atoms with Crippen molar-refractivity contribution in [3.63, 3.8) is 0 Å². The Hall–Kier alpha value is -2.68. The van der Waals surface area contributed by atoms with Crippen molar-refractivity contribution in [3.05, 3.63) is 25.3 Å². The van der Waals surface area contributed by atoms with Crippen LogP contribution in [0.3, 0.4) is 0 Å². The number of aliphatic hydroxyl groups excluding tert-OH is 1. The molecule has 0 amide bonds. The lowest BCUT2D eigenvalue weighted by atomic mass is 10.4. The van der Waals surface area contributed by atoms with Gasteiger partial charge in [-0.1, -0.05) is 26.0 Å². The summed E-state index contributed by atoms with van der Waals surface area (Å²) >= 11 is 0. The number of ether oxygens (including phenoxy) is 4. The average Bonchev–Trinajstić information content (AvgIpc) is 2.75. The first-order chi connectivity index (χ1) is 13.2. The first-order valence-corrected chi connectivity index (χ1v) is 8.17. The number of aliphatic hydroxyl groups is 1. The maximum atomic E-state index is 10.3. The van der Waals surface area contributed by atoms with E-state index in [4.69, 9.17) is 5.11 Å². The maximum Gasteiger partial charge on any atom is 0.316 e. The monoisotopic (exact) mass is 408 g/mol. The largest absolute Gasteiger partial charge is 0.469 e. The molecule has 0 saturated carbocycles. The molecule has 0 aromatic carbocycles. The molecular formula is C19H36O9. The van der Waals surface area contributed by atoms with Gasteiger partial charge in [0.05, 0.1) is 34.9 Å². The summed E-state index contributed by atoms with van der Waals surface area (Å²) in [6.45, 7) is 10.6. The molecule has 0 aromatic heterocycles. The Balaban J connectivity index is -0.0000000841. The van der Waals surface area contributed by atoms with E-state index in [0.717, 1.165) is 13.5 Å². The molecule has 0 bridgehead atoms. The van der Waals surface area contributed by atoms with Crippen molar-refractivity contribution in [1.29, 1.82) is 0 Å². The molecule has 0 unspecified atom stereocenters. The Morgan fingerprint density at radius 1 is 0.714 bits per heavy atom. The third kappa shape index (κ3) is 49.5. The lowest BCUT2D eigenvalue weighted by Gasteiger charge is -1.95. The number of hydrogen-bond acceptors (Lipinski definition) is 9. The van der Waals surface area contributed by atoms with E-state index < -0.39 is 11.9 Å². The van der Waals surface area contributed by atoms with Crippen LogP contribution in [0.1, 0.15) is 39.5 Å². The van der Waals surface area contributed by atoms with E-state index in [-0.39, 0.29) is 18.4 Å². The molecule has 0 fully saturated rings. The van der Waals surface area contributed by atoms with Crippen LogP contribution in [-0.2, 0) is 38.1 Å². The molecule has 0 aliphatic rings. The van der Waals surface area contributed by atoms with Crippen LogP contribution in [0.15, 0.2) is 25.3 Å². The summed E-state index contributed by atoms with van der Waals surface area (Å²) in [5.41, 5.74) is 0. The Bertz CT molecular complexity index is 384. The van der Waals surface area contributed by atoms with Gasteiger partial charge >= 0.3 is 23.9 Å². The topological polar surface area (TPSA) is 125 Å². The lowest BCUT2D eigenvalue weighted by Crippen LogP contribution is -2.09. The zero-order chi connectivity index (χ0) is 23.4. The number of allylic oxidation sites excluding steroid dienone is 1. The molecule has 166 valence electrons. The smallest absolute Gasteiger partial charge is 0.316 e. The third-order valence-corrected chi connectivity index (χ3v) is 2.09. The molecule has 0 aliphatic carbocycles. The van der Waals surface area contributed by atoms with E-state index in [1.165, 1.54) is 34.5 Å². The number of esters is 4. The van der Waals surface area contributed by atoms with Crippen LogP contribution in [0.4, 0.5) is 0 Å². The summed E-state index contributed by atoms with van der Waals surface area (Å²) in [7, 11) is 6.16. The summed E-state index contributed by atoms with van der Waals surface area (Å²) in [5.74, 6) is -1.56. The van der Waals surface area contributed by atoms with Gasteiger partial charge in [-0.15, -0.1) is 13.2 Å². The van der Waals surface area contributed by atoms with E-state index in [0.29, 0.717) is 12.8 Å². The van der Waals surface area contributed by atoms with Crippen molar-refractivity contribution < 1.29 is 43.2 Å². The fraction of sp³-hybridized carbons (Fsp3) is 0.579. The van der Waals surface area contributed by atoms with Gasteiger partial charge in [-0.2, -0.15) is 0 Å². The summed E-state index contributed by atoms with van der Waals surface area (Å²) in [5, 5.41) is 7.00.